The van der Waals surface area contributed by atoms with Crippen LogP contribution in [0.5, 0.6) is 0 Å². The lowest BCUT2D eigenvalue weighted by molar-refractivity contribution is 0.102. The summed E-state index contributed by atoms with van der Waals surface area (Å²) < 4.78 is 16.6. The van der Waals surface area contributed by atoms with Gasteiger partial charge in [-0.05, 0) is 48.9 Å². The highest BCUT2D eigenvalue weighted by atomic mass is 79.9. The quantitative estimate of drug-likeness (QED) is 0.522. The Hall–Kier alpha value is -0.890. The van der Waals surface area contributed by atoms with Gasteiger partial charge in [-0.25, -0.2) is 4.21 Å². The molecule has 4 nitrogen and oxygen atoms in total. The molecule has 0 aliphatic rings. The number of alkyl halides is 1. The van der Waals surface area contributed by atoms with Gasteiger partial charge in [0.05, 0.1) is 11.3 Å². The molecular weight excluding hydrogens is 480 g/mol. The van der Waals surface area contributed by atoms with Crippen LogP contribution in [0.1, 0.15) is 16.8 Å². The summed E-state index contributed by atoms with van der Waals surface area (Å²) >= 11 is 12.3. The number of hydrogen-bond donors (Lipinski definition) is 2. The molecule has 1 amide bonds. The van der Waals surface area contributed by atoms with E-state index in [1.807, 2.05) is 12.1 Å². The maximum Gasteiger partial charge on any atom is 0.257 e. The molecule has 2 rings (SSSR count). The van der Waals surface area contributed by atoms with Gasteiger partial charge >= 0.3 is 0 Å². The zero-order valence-corrected chi connectivity index (χ0v) is 17.3. The van der Waals surface area contributed by atoms with Crippen LogP contribution in [-0.4, -0.2) is 21.7 Å². The molecule has 1 unspecified atom stereocenters. The number of nitrogens with one attached hydrogen (secondary N) is 2. The Bertz CT molecular complexity index is 741. The predicted octanol–water partition coefficient (Wildman–Crippen LogP) is 5.17. The molecular formula is C16H15Br2ClN2O2S. The van der Waals surface area contributed by atoms with E-state index < -0.39 is 11.0 Å². The molecule has 0 aromatic heterocycles. The molecule has 0 aliphatic carbocycles. The zero-order chi connectivity index (χ0) is 17.5. The van der Waals surface area contributed by atoms with E-state index in [4.69, 9.17) is 11.6 Å². The summed E-state index contributed by atoms with van der Waals surface area (Å²) in [6, 6.07) is 12.5. The first kappa shape index (κ1) is 19.4. The average Bonchev–Trinajstić information content (AvgIpc) is 2.56. The third-order valence-corrected chi connectivity index (χ3v) is 5.41. The monoisotopic (exact) mass is 492 g/mol. The number of carbonyl (C=O) groups excluding carboxylic acids is 1. The highest BCUT2D eigenvalue weighted by Crippen LogP contribution is 2.23. The van der Waals surface area contributed by atoms with Crippen molar-refractivity contribution >= 4 is 71.7 Å². The maximum absolute atomic E-state index is 12.6. The Kier molecular flexibility index (Phi) is 7.74. The second-order valence-corrected chi connectivity index (χ2v) is 8.36. The first-order valence-corrected chi connectivity index (χ1v) is 10.5. The molecule has 0 radical (unpaired) electrons. The van der Waals surface area contributed by atoms with Crippen molar-refractivity contribution in [3.8, 4) is 0 Å². The molecule has 128 valence electrons. The molecule has 2 aromatic carbocycles. The fraction of sp³-hybridized carbons (Fsp3) is 0.188. The van der Waals surface area contributed by atoms with Gasteiger partial charge in [-0.3, -0.25) is 4.79 Å². The summed E-state index contributed by atoms with van der Waals surface area (Å²) in [5, 5.41) is 2.83. The molecule has 8 heteroatoms. The van der Waals surface area contributed by atoms with Crippen LogP contribution in [0.25, 0.3) is 0 Å². The van der Waals surface area contributed by atoms with Crippen molar-refractivity contribution in [1.29, 1.82) is 0 Å². The van der Waals surface area contributed by atoms with E-state index in [1.54, 1.807) is 30.3 Å². The van der Waals surface area contributed by atoms with E-state index in [0.717, 1.165) is 8.95 Å². The van der Waals surface area contributed by atoms with Crippen LogP contribution >= 0.6 is 43.5 Å². The van der Waals surface area contributed by atoms with E-state index in [9.17, 15) is 9.00 Å². The molecule has 1 atom stereocenters. The van der Waals surface area contributed by atoms with Gasteiger partial charge in [0.25, 0.3) is 5.91 Å². The minimum absolute atomic E-state index is 0.282. The minimum atomic E-state index is -1.29. The fourth-order valence-electron chi connectivity index (χ4n) is 1.88. The summed E-state index contributed by atoms with van der Waals surface area (Å²) in [7, 11) is -1.29. The van der Waals surface area contributed by atoms with Crippen molar-refractivity contribution in [2.24, 2.45) is 0 Å². The van der Waals surface area contributed by atoms with E-state index >= 15 is 0 Å². The van der Waals surface area contributed by atoms with Crippen LogP contribution < -0.4 is 10.0 Å². The molecule has 0 fully saturated rings. The average molecular weight is 495 g/mol. The number of rotatable bonds is 7. The van der Waals surface area contributed by atoms with Gasteiger partial charge in [0.15, 0.2) is 0 Å². The molecule has 0 aliphatic heterocycles. The predicted molar refractivity (Wildman–Crippen MR) is 108 cm³/mol. The molecule has 2 N–H and O–H groups in total. The summed E-state index contributed by atoms with van der Waals surface area (Å²) in [5.41, 5.74) is 1.60. The fourth-order valence-corrected chi connectivity index (χ4v) is 3.73. The van der Waals surface area contributed by atoms with E-state index in [0.29, 0.717) is 35.0 Å². The van der Waals surface area contributed by atoms with Crippen molar-refractivity contribution in [2.45, 2.75) is 6.42 Å². The van der Waals surface area contributed by atoms with Crippen molar-refractivity contribution < 1.29 is 9.00 Å². The van der Waals surface area contributed by atoms with Crippen molar-refractivity contribution in [3.05, 3.63) is 57.0 Å². The van der Waals surface area contributed by atoms with Gasteiger partial charge in [-0.2, -0.15) is 0 Å². The van der Waals surface area contributed by atoms with E-state index in [-0.39, 0.29) is 5.91 Å². The summed E-state index contributed by atoms with van der Waals surface area (Å²) in [6.45, 7) is 0. The van der Waals surface area contributed by atoms with Crippen LogP contribution in [-0.2, 0) is 11.0 Å². The van der Waals surface area contributed by atoms with Crippen molar-refractivity contribution in [2.75, 3.05) is 21.7 Å². The summed E-state index contributed by atoms with van der Waals surface area (Å²) in [4.78, 5) is 12.6. The lowest BCUT2D eigenvalue weighted by atomic mass is 10.1. The van der Waals surface area contributed by atoms with Crippen molar-refractivity contribution in [3.63, 3.8) is 0 Å². The van der Waals surface area contributed by atoms with Gasteiger partial charge < -0.3 is 10.0 Å². The first-order valence-electron chi connectivity index (χ1n) is 7.07. The van der Waals surface area contributed by atoms with E-state index in [2.05, 4.69) is 41.9 Å². The van der Waals surface area contributed by atoms with Gasteiger partial charge in [0.1, 0.15) is 11.0 Å². The largest absolute Gasteiger partial charge is 0.322 e. The number of amides is 1. The molecule has 24 heavy (non-hydrogen) atoms. The number of hydrogen-bond acceptors (Lipinski definition) is 2. The Balaban J connectivity index is 2.18. The standard InChI is InChI=1S/C16H15Br2ClN2O2S/c17-11-2-5-13(6-3-11)20-16(22)14-10-12(18)4-7-15(14)21-24(23)9-1-8-19/h2-7,10,21H,1,8-9H2,(H,20,22). The summed E-state index contributed by atoms with van der Waals surface area (Å²) in [6.07, 6.45) is 0.637. The second-order valence-electron chi connectivity index (χ2n) is 4.85. The van der Waals surface area contributed by atoms with Gasteiger partial charge in [-0.1, -0.05) is 31.9 Å². The van der Waals surface area contributed by atoms with E-state index in [1.165, 1.54) is 0 Å². The second kappa shape index (κ2) is 9.56. The number of carbonyl (C=O) groups is 1. The topological polar surface area (TPSA) is 58.2 Å². The SMILES string of the molecule is O=C(Nc1ccc(Br)cc1)c1cc(Br)ccc1NS(=O)CCCCl. The normalized spacial score (nSPS) is 11.8. The third-order valence-electron chi connectivity index (χ3n) is 3.02. The molecule has 2 aromatic rings. The van der Waals surface area contributed by atoms with Crippen LogP contribution in [0.15, 0.2) is 51.4 Å². The van der Waals surface area contributed by atoms with Crippen molar-refractivity contribution in [1.82, 2.24) is 0 Å². The van der Waals surface area contributed by atoms with Crippen LogP contribution in [0.2, 0.25) is 0 Å². The van der Waals surface area contributed by atoms with Crippen LogP contribution in [0, 0.1) is 0 Å². The highest BCUT2D eigenvalue weighted by molar-refractivity contribution is 9.10. The Labute approximate surface area is 165 Å². The Morgan fingerprint density at radius 1 is 1.08 bits per heavy atom. The molecule has 0 bridgehead atoms. The number of halogens is 3. The molecule has 0 spiro atoms. The zero-order valence-electron chi connectivity index (χ0n) is 12.5. The van der Waals surface area contributed by atoms with Gasteiger partial charge in [-0.15, -0.1) is 11.6 Å². The van der Waals surface area contributed by atoms with Gasteiger partial charge in [0.2, 0.25) is 0 Å². The maximum atomic E-state index is 12.6. The molecule has 0 heterocycles. The Morgan fingerprint density at radius 3 is 2.42 bits per heavy atom. The smallest absolute Gasteiger partial charge is 0.257 e. The minimum Gasteiger partial charge on any atom is -0.322 e. The Morgan fingerprint density at radius 2 is 1.75 bits per heavy atom. The highest BCUT2D eigenvalue weighted by Gasteiger charge is 2.14. The van der Waals surface area contributed by atoms with Crippen LogP contribution in [0.4, 0.5) is 11.4 Å². The lowest BCUT2D eigenvalue weighted by Gasteiger charge is -2.12. The lowest BCUT2D eigenvalue weighted by Crippen LogP contribution is -2.17. The molecule has 0 saturated carbocycles. The number of anilines is 2. The van der Waals surface area contributed by atoms with Gasteiger partial charge in [0, 0.05) is 26.3 Å². The first-order chi connectivity index (χ1) is 11.5. The third kappa shape index (κ3) is 5.88. The number of benzene rings is 2. The summed E-state index contributed by atoms with van der Waals surface area (Å²) in [5.74, 6) is 0.591. The van der Waals surface area contributed by atoms with Crippen LogP contribution in [0.3, 0.4) is 0 Å². The molecule has 0 saturated heterocycles.